The Labute approximate surface area is 103 Å². The van der Waals surface area contributed by atoms with Gasteiger partial charge in [-0.15, -0.1) is 0 Å². The Morgan fingerprint density at radius 3 is 1.38 bits per heavy atom. The summed E-state index contributed by atoms with van der Waals surface area (Å²) < 4.78 is 0. The first-order chi connectivity index (χ1) is 7.45. The molecule has 0 bridgehead atoms. The van der Waals surface area contributed by atoms with Gasteiger partial charge in [-0.3, -0.25) is 0 Å². The molecule has 0 radical (unpaired) electrons. The van der Waals surface area contributed by atoms with Gasteiger partial charge in [-0.2, -0.15) is 9.90 Å². The van der Waals surface area contributed by atoms with Crippen LogP contribution in [0.5, 0.6) is 0 Å². The van der Waals surface area contributed by atoms with Crippen molar-refractivity contribution in [1.82, 2.24) is 0 Å². The van der Waals surface area contributed by atoms with Crippen molar-refractivity contribution in [3.05, 3.63) is 0 Å². The first-order valence-corrected chi connectivity index (χ1v) is 6.60. The van der Waals surface area contributed by atoms with E-state index in [2.05, 4.69) is 16.0 Å². The van der Waals surface area contributed by atoms with Crippen LogP contribution in [-0.4, -0.2) is 18.1 Å². The highest BCUT2D eigenvalue weighted by Crippen LogP contribution is 2.21. The molecule has 2 aliphatic carbocycles. The van der Waals surface area contributed by atoms with E-state index in [-0.39, 0.29) is 9.90 Å². The fraction of sp³-hybridized carbons (Fsp3) is 0.923. The molecule has 92 valence electrons. The molecule has 0 aromatic heterocycles. The second-order valence-electron chi connectivity index (χ2n) is 4.94. The van der Waals surface area contributed by atoms with Crippen molar-refractivity contribution < 1.29 is 0 Å². The lowest BCUT2D eigenvalue weighted by Gasteiger charge is -2.17. The van der Waals surface area contributed by atoms with Crippen LogP contribution in [0.3, 0.4) is 0 Å². The molecule has 0 aromatic rings. The van der Waals surface area contributed by atoms with Gasteiger partial charge in [0.2, 0.25) is 0 Å². The molecule has 16 heavy (non-hydrogen) atoms. The molecule has 0 saturated heterocycles. The number of hydrogen-bond donors (Lipinski definition) is 0. The van der Waals surface area contributed by atoms with Crippen LogP contribution in [0.2, 0.25) is 0 Å². The smallest absolute Gasteiger partial charge is 0.0898 e. The Balaban J connectivity index is 0.00000128. The van der Waals surface area contributed by atoms with Crippen LogP contribution in [-0.2, 0) is 0 Å². The van der Waals surface area contributed by atoms with Crippen molar-refractivity contribution in [3.63, 3.8) is 0 Å². The summed E-state index contributed by atoms with van der Waals surface area (Å²) in [6.45, 7) is 0. The normalized spacial score (nSPS) is 23.0. The molecule has 0 amide bonds. The van der Waals surface area contributed by atoms with E-state index in [4.69, 9.17) is 0 Å². The van der Waals surface area contributed by atoms with Gasteiger partial charge in [-0.1, -0.05) is 38.5 Å². The molecule has 0 spiro atoms. The minimum Gasteiger partial charge on any atom is -0.222 e. The van der Waals surface area contributed by atoms with Crippen molar-refractivity contribution in [2.75, 3.05) is 0 Å². The molecule has 0 N–H and O–H groups in total. The molecular formula is C13H25N2P. The van der Waals surface area contributed by atoms with Gasteiger partial charge in [0, 0.05) is 0 Å². The minimum atomic E-state index is 0. The summed E-state index contributed by atoms with van der Waals surface area (Å²) in [7, 11) is 0. The Hall–Kier alpha value is -0.190. The lowest BCUT2D eigenvalue weighted by atomic mass is 9.96. The number of rotatable bonds is 2. The standard InChI is InChI=1S/C13H22N2.H3P/c1-3-7-12(8-4-1)14-11-15-13-9-5-2-6-10-13;/h12-13H,1-10H2;1H3. The third-order valence-corrected chi connectivity index (χ3v) is 3.63. The molecule has 0 heterocycles. The molecule has 0 aliphatic heterocycles. The van der Waals surface area contributed by atoms with Gasteiger partial charge >= 0.3 is 0 Å². The van der Waals surface area contributed by atoms with E-state index in [1.807, 2.05) is 0 Å². The van der Waals surface area contributed by atoms with E-state index in [1.54, 1.807) is 0 Å². The van der Waals surface area contributed by atoms with Crippen molar-refractivity contribution >= 4 is 15.9 Å². The van der Waals surface area contributed by atoms with E-state index < -0.39 is 0 Å². The Morgan fingerprint density at radius 1 is 0.625 bits per heavy atom. The average molecular weight is 240 g/mol. The third-order valence-electron chi connectivity index (χ3n) is 3.63. The molecular weight excluding hydrogens is 215 g/mol. The summed E-state index contributed by atoms with van der Waals surface area (Å²) in [6, 6.07) is 4.04. The summed E-state index contributed by atoms with van der Waals surface area (Å²) in [5, 5.41) is 0. The zero-order valence-corrected chi connectivity index (χ0v) is 11.7. The fourth-order valence-electron chi connectivity index (χ4n) is 2.62. The van der Waals surface area contributed by atoms with Gasteiger partial charge in [0.05, 0.1) is 18.1 Å². The Morgan fingerprint density at radius 2 is 1.00 bits per heavy atom. The zero-order valence-electron chi connectivity index (χ0n) is 10.3. The quantitative estimate of drug-likeness (QED) is 0.517. The molecule has 3 heteroatoms. The molecule has 1 unspecified atom stereocenters. The summed E-state index contributed by atoms with van der Waals surface area (Å²) in [4.78, 5) is 8.92. The minimum absolute atomic E-state index is 0. The molecule has 2 saturated carbocycles. The number of nitrogens with zero attached hydrogens (tertiary/aromatic N) is 2. The van der Waals surface area contributed by atoms with Crippen LogP contribution in [0.15, 0.2) is 9.98 Å². The topological polar surface area (TPSA) is 24.7 Å². The number of aliphatic imine (C=N–C) groups is 2. The van der Waals surface area contributed by atoms with Crippen molar-refractivity contribution in [2.45, 2.75) is 76.3 Å². The lowest BCUT2D eigenvalue weighted by Crippen LogP contribution is -2.10. The zero-order chi connectivity index (χ0) is 10.3. The predicted octanol–water partition coefficient (Wildman–Crippen LogP) is 3.88. The summed E-state index contributed by atoms with van der Waals surface area (Å²) >= 11 is 0. The highest BCUT2D eigenvalue weighted by Gasteiger charge is 2.12. The highest BCUT2D eigenvalue weighted by atomic mass is 31.0. The lowest BCUT2D eigenvalue weighted by molar-refractivity contribution is 0.438. The van der Waals surface area contributed by atoms with E-state index in [9.17, 15) is 0 Å². The highest BCUT2D eigenvalue weighted by molar-refractivity contribution is 6.92. The van der Waals surface area contributed by atoms with Crippen molar-refractivity contribution in [3.8, 4) is 0 Å². The van der Waals surface area contributed by atoms with Gasteiger partial charge in [0.1, 0.15) is 0 Å². The second kappa shape index (κ2) is 7.98. The monoisotopic (exact) mass is 240 g/mol. The molecule has 0 aromatic carbocycles. The maximum absolute atomic E-state index is 4.46. The maximum atomic E-state index is 4.46. The summed E-state index contributed by atoms with van der Waals surface area (Å²) in [6.07, 6.45) is 13.2. The molecule has 2 aliphatic rings. The fourth-order valence-corrected chi connectivity index (χ4v) is 2.62. The van der Waals surface area contributed by atoms with E-state index in [0.717, 1.165) is 0 Å². The van der Waals surface area contributed by atoms with Gasteiger partial charge in [-0.05, 0) is 25.7 Å². The summed E-state index contributed by atoms with van der Waals surface area (Å²) in [5.74, 6) is 0. The molecule has 2 fully saturated rings. The second-order valence-corrected chi connectivity index (χ2v) is 4.94. The van der Waals surface area contributed by atoms with E-state index in [1.165, 1.54) is 64.2 Å². The van der Waals surface area contributed by atoms with Crippen LogP contribution in [0.25, 0.3) is 0 Å². The maximum Gasteiger partial charge on any atom is 0.0898 e. The van der Waals surface area contributed by atoms with Crippen LogP contribution in [0.4, 0.5) is 0 Å². The van der Waals surface area contributed by atoms with Gasteiger partial charge in [0.25, 0.3) is 0 Å². The largest absolute Gasteiger partial charge is 0.222 e. The average Bonchev–Trinajstić information content (AvgIpc) is 2.32. The Bertz CT molecular complexity index is 212. The van der Waals surface area contributed by atoms with Crippen LogP contribution < -0.4 is 0 Å². The SMILES string of the molecule is C(=NC1CCCCC1)=NC1CCCCC1.P. The van der Waals surface area contributed by atoms with Gasteiger partial charge in [0.15, 0.2) is 0 Å². The van der Waals surface area contributed by atoms with Gasteiger partial charge < -0.3 is 0 Å². The first kappa shape index (κ1) is 13.9. The van der Waals surface area contributed by atoms with Crippen LogP contribution in [0.1, 0.15) is 64.2 Å². The number of hydrogen-bond acceptors (Lipinski definition) is 2. The van der Waals surface area contributed by atoms with E-state index >= 15 is 0 Å². The molecule has 2 rings (SSSR count). The third kappa shape index (κ3) is 4.76. The van der Waals surface area contributed by atoms with E-state index in [0.29, 0.717) is 12.1 Å². The molecule has 2 nitrogen and oxygen atoms in total. The Kier molecular flexibility index (Phi) is 6.92. The molecule has 1 atom stereocenters. The van der Waals surface area contributed by atoms with Crippen LogP contribution >= 0.6 is 9.90 Å². The van der Waals surface area contributed by atoms with Crippen molar-refractivity contribution in [2.24, 2.45) is 9.98 Å². The summed E-state index contributed by atoms with van der Waals surface area (Å²) in [5.41, 5.74) is 0. The first-order valence-electron chi connectivity index (χ1n) is 6.60. The van der Waals surface area contributed by atoms with Crippen molar-refractivity contribution in [1.29, 1.82) is 0 Å². The van der Waals surface area contributed by atoms with Gasteiger partial charge in [-0.25, -0.2) is 9.98 Å². The predicted molar refractivity (Wildman–Crippen MR) is 74.7 cm³/mol. The van der Waals surface area contributed by atoms with Crippen LogP contribution in [0, 0.1) is 0 Å².